The van der Waals surface area contributed by atoms with E-state index in [-0.39, 0.29) is 31.6 Å². The van der Waals surface area contributed by atoms with Crippen molar-refractivity contribution in [3.05, 3.63) is 134 Å². The van der Waals surface area contributed by atoms with E-state index in [1.165, 1.54) is 103 Å². The summed E-state index contributed by atoms with van der Waals surface area (Å²) in [5.74, 6) is -1.07. The average Bonchev–Trinajstić information content (AvgIpc) is 3.40. The van der Waals surface area contributed by atoms with Gasteiger partial charge < -0.3 is 14.2 Å². The molecule has 0 fully saturated rings. The van der Waals surface area contributed by atoms with E-state index in [0.717, 1.165) is 109 Å². The van der Waals surface area contributed by atoms with E-state index in [4.69, 9.17) is 14.2 Å². The summed E-state index contributed by atoms with van der Waals surface area (Å²) in [6.07, 6.45) is 86.3. The minimum atomic E-state index is -0.839. The number of unbranched alkanes of at least 4 members (excludes halogenated alkanes) is 21. The Labute approximate surface area is 455 Å². The molecule has 0 aromatic rings. The van der Waals surface area contributed by atoms with Crippen molar-refractivity contribution in [2.75, 3.05) is 13.2 Å². The summed E-state index contributed by atoms with van der Waals surface area (Å²) in [5, 5.41) is 0. The number of carbonyl (C=O) groups excluding carboxylic acids is 3. The SMILES string of the molecule is CC/C=C\C/C=C\C/C=C\C/C=C\C/C=C\CCCCCCCCCCCCCCCC(=O)OCC(COC(=O)CCCCCCC/C=C\CCCCC)OC(=O)C/C=C\C/C=C\C/C=C\C/C=C\C/C=C\CC. The van der Waals surface area contributed by atoms with Crippen molar-refractivity contribution in [2.24, 2.45) is 0 Å². The van der Waals surface area contributed by atoms with E-state index >= 15 is 0 Å². The fourth-order valence-electron chi connectivity index (χ4n) is 7.95. The van der Waals surface area contributed by atoms with Gasteiger partial charge in [-0.15, -0.1) is 0 Å². The lowest BCUT2D eigenvalue weighted by molar-refractivity contribution is -0.166. The molecule has 0 saturated heterocycles. The topological polar surface area (TPSA) is 78.9 Å². The predicted octanol–water partition coefficient (Wildman–Crippen LogP) is 20.6. The highest BCUT2D eigenvalue weighted by Gasteiger charge is 2.19. The molecule has 74 heavy (non-hydrogen) atoms. The van der Waals surface area contributed by atoms with Gasteiger partial charge in [0.05, 0.1) is 6.42 Å². The van der Waals surface area contributed by atoms with Crippen molar-refractivity contribution in [3.8, 4) is 0 Å². The molecule has 0 heterocycles. The van der Waals surface area contributed by atoms with E-state index in [2.05, 4.69) is 142 Å². The van der Waals surface area contributed by atoms with Crippen LogP contribution in [0.15, 0.2) is 134 Å². The van der Waals surface area contributed by atoms with Crippen molar-refractivity contribution in [1.82, 2.24) is 0 Å². The maximum Gasteiger partial charge on any atom is 0.310 e. The minimum Gasteiger partial charge on any atom is -0.462 e. The lowest BCUT2D eigenvalue weighted by Gasteiger charge is -2.18. The van der Waals surface area contributed by atoms with Gasteiger partial charge in [-0.25, -0.2) is 0 Å². The Kier molecular flexibility index (Phi) is 57.4. The molecule has 0 spiro atoms. The Morgan fingerprint density at radius 3 is 0.905 bits per heavy atom. The smallest absolute Gasteiger partial charge is 0.310 e. The first-order valence-electron chi connectivity index (χ1n) is 30.2. The second kappa shape index (κ2) is 61.1. The van der Waals surface area contributed by atoms with Crippen molar-refractivity contribution in [1.29, 1.82) is 0 Å². The van der Waals surface area contributed by atoms with Crippen LogP contribution in [0.2, 0.25) is 0 Å². The van der Waals surface area contributed by atoms with Gasteiger partial charge in [0, 0.05) is 12.8 Å². The van der Waals surface area contributed by atoms with Crippen molar-refractivity contribution in [2.45, 2.75) is 264 Å². The van der Waals surface area contributed by atoms with Crippen LogP contribution in [0.25, 0.3) is 0 Å². The standard InChI is InChI=1S/C68H110O6/c1-4-7-10-13-16-19-22-25-27-28-29-30-31-32-33-34-35-36-37-38-39-40-42-43-46-49-52-55-58-61-67(70)73-64-65(63-72-66(69)60-57-54-51-48-45-24-21-18-15-12-9-6-3)74-68(71)62-59-56-53-50-47-44-41-26-23-20-17-14-11-8-5-2/h7-8,10-11,16-21,25-27,29-30,32-33,41,47,50,56,59,65H,4-6,9,12-15,22-24,28,31,34-40,42-46,48-49,51-55,57-58,60-64H2,1-3H3/b10-7-,11-8-,19-16-,20-17-,21-18-,27-25-,30-29-,33-32-,41-26-,50-47-,59-56-. The van der Waals surface area contributed by atoms with Crippen LogP contribution < -0.4 is 0 Å². The monoisotopic (exact) mass is 1020 g/mol. The fraction of sp³-hybridized carbons (Fsp3) is 0.632. The Bertz CT molecular complexity index is 1600. The van der Waals surface area contributed by atoms with Gasteiger partial charge >= 0.3 is 17.9 Å². The largest absolute Gasteiger partial charge is 0.462 e. The van der Waals surface area contributed by atoms with E-state index in [9.17, 15) is 14.4 Å². The van der Waals surface area contributed by atoms with Crippen molar-refractivity contribution < 1.29 is 28.6 Å². The van der Waals surface area contributed by atoms with Gasteiger partial charge in [-0.3, -0.25) is 14.4 Å². The molecule has 6 heteroatoms. The molecule has 0 rings (SSSR count). The zero-order chi connectivity index (χ0) is 53.6. The summed E-state index contributed by atoms with van der Waals surface area (Å²) >= 11 is 0. The summed E-state index contributed by atoms with van der Waals surface area (Å²) in [4.78, 5) is 38.1. The molecule has 0 aliphatic heterocycles. The van der Waals surface area contributed by atoms with E-state index in [1.54, 1.807) is 6.08 Å². The van der Waals surface area contributed by atoms with Crippen LogP contribution >= 0.6 is 0 Å². The van der Waals surface area contributed by atoms with Gasteiger partial charge in [0.15, 0.2) is 6.10 Å². The van der Waals surface area contributed by atoms with Gasteiger partial charge in [-0.2, -0.15) is 0 Å². The Morgan fingerprint density at radius 1 is 0.297 bits per heavy atom. The Morgan fingerprint density at radius 2 is 0.568 bits per heavy atom. The quantitative estimate of drug-likeness (QED) is 0.0261. The Balaban J connectivity index is 4.31. The summed E-state index contributed by atoms with van der Waals surface area (Å²) in [6.45, 7) is 6.29. The molecule has 0 aromatic heterocycles. The molecule has 418 valence electrons. The van der Waals surface area contributed by atoms with Gasteiger partial charge in [-0.1, -0.05) is 257 Å². The summed E-state index contributed by atoms with van der Waals surface area (Å²) in [7, 11) is 0. The van der Waals surface area contributed by atoms with Crippen LogP contribution in [0.1, 0.15) is 258 Å². The van der Waals surface area contributed by atoms with Gasteiger partial charge in [0.2, 0.25) is 0 Å². The van der Waals surface area contributed by atoms with Gasteiger partial charge in [0.25, 0.3) is 0 Å². The molecule has 0 saturated carbocycles. The third-order valence-corrected chi connectivity index (χ3v) is 12.4. The molecule has 1 atom stereocenters. The molecule has 0 bridgehead atoms. The summed E-state index contributed by atoms with van der Waals surface area (Å²) in [5.41, 5.74) is 0. The number of rotatable bonds is 53. The van der Waals surface area contributed by atoms with Gasteiger partial charge in [0.1, 0.15) is 13.2 Å². The summed E-state index contributed by atoms with van der Waals surface area (Å²) < 4.78 is 16.7. The zero-order valence-electron chi connectivity index (χ0n) is 47.8. The molecule has 0 radical (unpaired) electrons. The first-order chi connectivity index (χ1) is 36.5. The van der Waals surface area contributed by atoms with Crippen molar-refractivity contribution in [3.63, 3.8) is 0 Å². The van der Waals surface area contributed by atoms with Crippen LogP contribution in [0.5, 0.6) is 0 Å². The number of ether oxygens (including phenoxy) is 3. The number of carbonyl (C=O) groups is 3. The first-order valence-corrected chi connectivity index (χ1v) is 30.2. The molecule has 0 aliphatic carbocycles. The van der Waals surface area contributed by atoms with Crippen molar-refractivity contribution >= 4 is 17.9 Å². The number of hydrogen-bond acceptors (Lipinski definition) is 6. The maximum absolute atomic E-state index is 12.8. The molecule has 6 nitrogen and oxygen atoms in total. The highest BCUT2D eigenvalue weighted by Crippen LogP contribution is 2.15. The molecule has 0 aromatic carbocycles. The predicted molar refractivity (Wildman–Crippen MR) is 320 cm³/mol. The van der Waals surface area contributed by atoms with Crippen LogP contribution in [-0.2, 0) is 28.6 Å². The number of allylic oxidation sites excluding steroid dienone is 21. The van der Waals surface area contributed by atoms with Crippen LogP contribution in [0.4, 0.5) is 0 Å². The molecular formula is C68H110O6. The second-order valence-electron chi connectivity index (χ2n) is 19.5. The van der Waals surface area contributed by atoms with Crippen LogP contribution in [0.3, 0.4) is 0 Å². The molecule has 0 amide bonds. The molecule has 1 unspecified atom stereocenters. The lowest BCUT2D eigenvalue weighted by atomic mass is 10.0. The second-order valence-corrected chi connectivity index (χ2v) is 19.5. The van der Waals surface area contributed by atoms with E-state index in [0.29, 0.717) is 19.3 Å². The minimum absolute atomic E-state index is 0.0913. The molecule has 0 aliphatic rings. The summed E-state index contributed by atoms with van der Waals surface area (Å²) in [6, 6.07) is 0. The highest BCUT2D eigenvalue weighted by molar-refractivity contribution is 5.72. The van der Waals surface area contributed by atoms with Crippen LogP contribution in [-0.4, -0.2) is 37.2 Å². The zero-order valence-corrected chi connectivity index (χ0v) is 47.8. The molecular weight excluding hydrogens is 913 g/mol. The normalized spacial score (nSPS) is 13.1. The van der Waals surface area contributed by atoms with E-state index < -0.39 is 12.1 Å². The molecule has 0 N–H and O–H groups in total. The fourth-order valence-corrected chi connectivity index (χ4v) is 7.95. The highest BCUT2D eigenvalue weighted by atomic mass is 16.6. The number of hydrogen-bond donors (Lipinski definition) is 0. The van der Waals surface area contributed by atoms with Gasteiger partial charge in [-0.05, 0) is 116 Å². The average molecular weight is 1020 g/mol. The first kappa shape index (κ1) is 69.5. The van der Waals surface area contributed by atoms with E-state index in [1.807, 2.05) is 6.08 Å². The van der Waals surface area contributed by atoms with Crippen LogP contribution in [0, 0.1) is 0 Å². The lowest BCUT2D eigenvalue weighted by Crippen LogP contribution is -2.30. The Hall–Kier alpha value is -4.45. The number of esters is 3. The third kappa shape index (κ3) is 58.4. The third-order valence-electron chi connectivity index (χ3n) is 12.4. The maximum atomic E-state index is 12.8.